The molecule has 74 valence electrons. The van der Waals surface area contributed by atoms with Crippen LogP contribution in [0, 0.1) is 0 Å². The fourth-order valence-corrected chi connectivity index (χ4v) is 1.64. The molecule has 0 heterocycles. The van der Waals surface area contributed by atoms with Gasteiger partial charge in [0.2, 0.25) is 0 Å². The van der Waals surface area contributed by atoms with Crippen LogP contribution in [0.1, 0.15) is 0 Å². The highest BCUT2D eigenvalue weighted by Gasteiger charge is 2.05. The summed E-state index contributed by atoms with van der Waals surface area (Å²) in [4.78, 5) is 4.32. The van der Waals surface area contributed by atoms with Crippen molar-refractivity contribution in [3.05, 3.63) is 42.1 Å². The number of hydrogen-bond acceptors (Lipinski definition) is 1. The first-order chi connectivity index (χ1) is 6.58. The van der Waals surface area contributed by atoms with Gasteiger partial charge in [-0.2, -0.15) is 0 Å². The maximum Gasteiger partial charge on any atom is 0.0687 e. The molecule has 0 aliphatic heterocycles. The Morgan fingerprint density at radius 1 is 1.07 bits per heavy atom. The molecular formula is C12H17NSi. The second kappa shape index (κ2) is 4.91. The quantitative estimate of drug-likeness (QED) is 0.523. The van der Waals surface area contributed by atoms with E-state index >= 15 is 0 Å². The second-order valence-electron chi connectivity index (χ2n) is 4.34. The van der Waals surface area contributed by atoms with Crippen LogP contribution in [-0.2, 0) is 0 Å². The molecule has 1 aromatic carbocycles. The van der Waals surface area contributed by atoms with Crippen LogP contribution in [0.5, 0.6) is 0 Å². The van der Waals surface area contributed by atoms with Gasteiger partial charge < -0.3 is 0 Å². The largest absolute Gasteiger partial charge is 0.257 e. The van der Waals surface area contributed by atoms with Crippen molar-refractivity contribution in [1.82, 2.24) is 0 Å². The van der Waals surface area contributed by atoms with Gasteiger partial charge in [0.15, 0.2) is 0 Å². The predicted molar refractivity (Wildman–Crippen MR) is 67.1 cm³/mol. The third-order valence-corrected chi connectivity index (χ3v) is 2.85. The Labute approximate surface area is 87.2 Å². The Hall–Kier alpha value is -1.15. The molecule has 2 heteroatoms. The summed E-state index contributed by atoms with van der Waals surface area (Å²) in [6.07, 6.45) is 3.92. The summed E-state index contributed by atoms with van der Waals surface area (Å²) < 4.78 is 0. The van der Waals surface area contributed by atoms with Gasteiger partial charge in [0, 0.05) is 6.21 Å². The van der Waals surface area contributed by atoms with Crippen LogP contribution in [0.15, 0.2) is 47.1 Å². The highest BCUT2D eigenvalue weighted by Crippen LogP contribution is 2.08. The summed E-state index contributed by atoms with van der Waals surface area (Å²) in [7, 11) is -1.07. The molecule has 0 fully saturated rings. The van der Waals surface area contributed by atoms with E-state index in [0.717, 1.165) is 5.69 Å². The molecule has 14 heavy (non-hydrogen) atoms. The first-order valence-electron chi connectivity index (χ1n) is 4.85. The predicted octanol–water partition coefficient (Wildman–Crippen LogP) is 3.82. The number of aliphatic imine (C=N–C) groups is 1. The summed E-state index contributed by atoms with van der Waals surface area (Å²) in [6.45, 7) is 6.92. The van der Waals surface area contributed by atoms with Gasteiger partial charge in [0.1, 0.15) is 0 Å². The Kier molecular flexibility index (Phi) is 3.83. The molecule has 0 saturated carbocycles. The molecule has 0 aliphatic rings. The lowest BCUT2D eigenvalue weighted by Crippen LogP contribution is -2.15. The average Bonchev–Trinajstić information content (AvgIpc) is 2.13. The number of para-hydroxylation sites is 1. The summed E-state index contributed by atoms with van der Waals surface area (Å²) >= 11 is 0. The van der Waals surface area contributed by atoms with Crippen LogP contribution in [0.3, 0.4) is 0 Å². The van der Waals surface area contributed by atoms with Crippen LogP contribution < -0.4 is 0 Å². The van der Waals surface area contributed by atoms with E-state index < -0.39 is 8.07 Å². The normalized spacial score (nSPS) is 12.8. The third kappa shape index (κ3) is 4.77. The van der Waals surface area contributed by atoms with Crippen molar-refractivity contribution >= 4 is 20.0 Å². The van der Waals surface area contributed by atoms with E-state index in [1.807, 2.05) is 36.5 Å². The lowest BCUT2D eigenvalue weighted by atomic mass is 10.3. The molecule has 0 saturated heterocycles. The molecular weight excluding hydrogens is 186 g/mol. The molecule has 0 atom stereocenters. The monoisotopic (exact) mass is 203 g/mol. The molecule has 0 amide bonds. The van der Waals surface area contributed by atoms with Crippen LogP contribution in [0.25, 0.3) is 0 Å². The SMILES string of the molecule is C[Si](C)(C)/C=C/C=Nc1ccccc1. The average molecular weight is 203 g/mol. The van der Waals surface area contributed by atoms with Gasteiger partial charge in [-0.1, -0.05) is 49.6 Å². The molecule has 0 aliphatic carbocycles. The van der Waals surface area contributed by atoms with Gasteiger partial charge in [-0.05, 0) is 12.1 Å². The number of nitrogens with zero attached hydrogens (tertiary/aromatic N) is 1. The van der Waals surface area contributed by atoms with E-state index in [-0.39, 0.29) is 0 Å². The van der Waals surface area contributed by atoms with E-state index in [2.05, 4.69) is 36.4 Å². The minimum atomic E-state index is -1.07. The van der Waals surface area contributed by atoms with Crippen molar-refractivity contribution in [2.45, 2.75) is 19.6 Å². The highest BCUT2D eigenvalue weighted by atomic mass is 28.3. The van der Waals surface area contributed by atoms with E-state index in [4.69, 9.17) is 0 Å². The van der Waals surface area contributed by atoms with Gasteiger partial charge in [-0.3, -0.25) is 4.99 Å². The van der Waals surface area contributed by atoms with Crippen LogP contribution in [0.4, 0.5) is 5.69 Å². The Morgan fingerprint density at radius 3 is 2.29 bits per heavy atom. The minimum Gasteiger partial charge on any atom is -0.257 e. The van der Waals surface area contributed by atoms with Crippen LogP contribution in [0.2, 0.25) is 19.6 Å². The topological polar surface area (TPSA) is 12.4 Å². The minimum absolute atomic E-state index is 1.01. The lowest BCUT2D eigenvalue weighted by molar-refractivity contribution is 1.54. The maximum absolute atomic E-state index is 4.32. The van der Waals surface area contributed by atoms with Crippen molar-refractivity contribution in [3.8, 4) is 0 Å². The van der Waals surface area contributed by atoms with Gasteiger partial charge in [0.25, 0.3) is 0 Å². The van der Waals surface area contributed by atoms with Gasteiger partial charge in [0.05, 0.1) is 13.8 Å². The summed E-state index contributed by atoms with van der Waals surface area (Å²) in [6, 6.07) is 9.98. The van der Waals surface area contributed by atoms with E-state index in [0.29, 0.717) is 0 Å². The Balaban J connectivity index is 2.54. The zero-order chi connectivity index (χ0) is 10.4. The Bertz CT molecular complexity index is 320. The zero-order valence-corrected chi connectivity index (χ0v) is 10.1. The smallest absolute Gasteiger partial charge is 0.0687 e. The van der Waals surface area contributed by atoms with Crippen molar-refractivity contribution < 1.29 is 0 Å². The molecule has 0 N–H and O–H groups in total. The van der Waals surface area contributed by atoms with Crippen LogP contribution in [-0.4, -0.2) is 14.3 Å². The molecule has 0 spiro atoms. The van der Waals surface area contributed by atoms with Gasteiger partial charge in [-0.25, -0.2) is 0 Å². The Morgan fingerprint density at radius 2 is 1.71 bits per heavy atom. The molecule has 1 aromatic rings. The van der Waals surface area contributed by atoms with E-state index in [1.165, 1.54) is 0 Å². The molecule has 1 rings (SSSR count). The molecule has 0 unspecified atom stereocenters. The van der Waals surface area contributed by atoms with E-state index in [9.17, 15) is 0 Å². The highest BCUT2D eigenvalue weighted by molar-refractivity contribution is 6.81. The second-order valence-corrected chi connectivity index (χ2v) is 9.40. The standard InChI is InChI=1S/C12H17NSi/c1-14(2,3)11-7-10-13-12-8-5-4-6-9-12/h4-11H,1-3H3/b11-7+,13-10?. The number of benzene rings is 1. The van der Waals surface area contributed by atoms with Gasteiger partial charge in [-0.15, -0.1) is 0 Å². The number of rotatable bonds is 3. The van der Waals surface area contributed by atoms with Crippen molar-refractivity contribution in [3.63, 3.8) is 0 Å². The molecule has 1 nitrogen and oxygen atoms in total. The fraction of sp³-hybridized carbons (Fsp3) is 0.250. The maximum atomic E-state index is 4.32. The first-order valence-corrected chi connectivity index (χ1v) is 8.43. The zero-order valence-electron chi connectivity index (χ0n) is 9.07. The summed E-state index contributed by atoms with van der Waals surface area (Å²) in [5.41, 5.74) is 3.28. The van der Waals surface area contributed by atoms with E-state index in [1.54, 1.807) is 0 Å². The first kappa shape index (κ1) is 10.9. The van der Waals surface area contributed by atoms with Crippen molar-refractivity contribution in [1.29, 1.82) is 0 Å². The summed E-state index contributed by atoms with van der Waals surface area (Å²) in [5, 5.41) is 0. The fourth-order valence-electron chi connectivity index (χ4n) is 0.975. The number of hydrogen-bond donors (Lipinski definition) is 0. The molecule has 0 aromatic heterocycles. The number of allylic oxidation sites excluding steroid dienone is 1. The summed E-state index contributed by atoms with van der Waals surface area (Å²) in [5.74, 6) is 0. The third-order valence-electron chi connectivity index (χ3n) is 1.66. The molecule has 0 bridgehead atoms. The van der Waals surface area contributed by atoms with Crippen molar-refractivity contribution in [2.75, 3.05) is 0 Å². The molecule has 0 radical (unpaired) electrons. The lowest BCUT2D eigenvalue weighted by Gasteiger charge is -2.06. The van der Waals surface area contributed by atoms with Crippen LogP contribution >= 0.6 is 0 Å². The van der Waals surface area contributed by atoms with Gasteiger partial charge >= 0.3 is 0 Å². The van der Waals surface area contributed by atoms with Crippen molar-refractivity contribution in [2.24, 2.45) is 4.99 Å².